The van der Waals surface area contributed by atoms with Gasteiger partial charge in [-0.25, -0.2) is 0 Å². The van der Waals surface area contributed by atoms with Gasteiger partial charge in [-0.05, 0) is 18.2 Å². The lowest BCUT2D eigenvalue weighted by molar-refractivity contribution is -0.134. The molecule has 2 aliphatic heterocycles. The van der Waals surface area contributed by atoms with E-state index in [0.29, 0.717) is 36.5 Å². The third-order valence-electron chi connectivity index (χ3n) is 5.23. The predicted molar refractivity (Wildman–Crippen MR) is 109 cm³/mol. The van der Waals surface area contributed by atoms with Crippen LogP contribution in [0.15, 0.2) is 48.5 Å². The van der Waals surface area contributed by atoms with Crippen molar-refractivity contribution in [3.8, 4) is 5.75 Å². The zero-order chi connectivity index (χ0) is 19.7. The molecule has 7 nitrogen and oxygen atoms in total. The van der Waals surface area contributed by atoms with Crippen LogP contribution in [0, 0.1) is 0 Å². The van der Waals surface area contributed by atoms with Crippen LogP contribution >= 0.6 is 12.4 Å². The molecule has 29 heavy (non-hydrogen) atoms. The zero-order valence-corrected chi connectivity index (χ0v) is 16.8. The first kappa shape index (κ1) is 20.8. The number of hydrogen-bond acceptors (Lipinski definition) is 5. The van der Waals surface area contributed by atoms with Crippen LogP contribution in [0.3, 0.4) is 0 Å². The fraction of sp³-hybridized carbons (Fsp3) is 0.286. The second-order valence-corrected chi connectivity index (χ2v) is 6.79. The third kappa shape index (κ3) is 3.71. The average molecular weight is 416 g/mol. The van der Waals surface area contributed by atoms with E-state index in [9.17, 15) is 14.4 Å². The number of rotatable bonds is 4. The summed E-state index contributed by atoms with van der Waals surface area (Å²) in [5, 5.41) is 3.30. The summed E-state index contributed by atoms with van der Waals surface area (Å²) >= 11 is 0. The summed E-state index contributed by atoms with van der Waals surface area (Å²) in [6.07, 6.45) is 0. The van der Waals surface area contributed by atoms with Crippen molar-refractivity contribution >= 4 is 30.1 Å². The molecular formula is C21H22ClN3O4. The Morgan fingerprint density at radius 3 is 2.34 bits per heavy atom. The highest BCUT2D eigenvalue weighted by Gasteiger charge is 2.38. The molecule has 1 fully saturated rings. The summed E-state index contributed by atoms with van der Waals surface area (Å²) < 4.78 is 5.45. The number of imide groups is 1. The monoisotopic (exact) mass is 415 g/mol. The van der Waals surface area contributed by atoms with E-state index in [2.05, 4.69) is 5.32 Å². The minimum absolute atomic E-state index is 0. The van der Waals surface area contributed by atoms with Gasteiger partial charge in [0.1, 0.15) is 12.3 Å². The zero-order valence-electron chi connectivity index (χ0n) is 16.0. The van der Waals surface area contributed by atoms with Gasteiger partial charge in [0.05, 0.1) is 24.3 Å². The number of halogens is 1. The lowest BCUT2D eigenvalue weighted by atomic mass is 10.0. The van der Waals surface area contributed by atoms with Crippen LogP contribution in [0.5, 0.6) is 5.75 Å². The van der Waals surface area contributed by atoms with E-state index >= 15 is 0 Å². The van der Waals surface area contributed by atoms with Crippen molar-refractivity contribution in [2.24, 2.45) is 0 Å². The number of benzene rings is 2. The molecular weight excluding hydrogens is 394 g/mol. The van der Waals surface area contributed by atoms with Crippen LogP contribution < -0.4 is 10.1 Å². The van der Waals surface area contributed by atoms with Gasteiger partial charge in [-0.3, -0.25) is 19.3 Å². The number of ether oxygens (including phenoxy) is 1. The van der Waals surface area contributed by atoms with E-state index in [0.717, 1.165) is 10.5 Å². The first-order valence-corrected chi connectivity index (χ1v) is 9.20. The average Bonchev–Trinajstić information content (AvgIpc) is 2.98. The van der Waals surface area contributed by atoms with E-state index in [1.807, 2.05) is 24.3 Å². The number of carbonyl (C=O) groups excluding carboxylic acids is 3. The molecule has 0 spiro atoms. The van der Waals surface area contributed by atoms with Gasteiger partial charge in [-0.15, -0.1) is 12.4 Å². The summed E-state index contributed by atoms with van der Waals surface area (Å²) in [5.74, 6) is -0.391. The minimum atomic E-state index is -0.419. The molecule has 8 heteroatoms. The highest BCUT2D eigenvalue weighted by molar-refractivity contribution is 6.22. The molecule has 0 radical (unpaired) electrons. The SMILES string of the molecule is COc1ccccc1C1CNCCN1C(=O)CN1C(=O)c2ccccc2C1=O.Cl. The number of methoxy groups -OCH3 is 1. The van der Waals surface area contributed by atoms with E-state index in [4.69, 9.17) is 4.74 Å². The van der Waals surface area contributed by atoms with Crippen molar-refractivity contribution < 1.29 is 19.1 Å². The molecule has 0 aromatic heterocycles. The third-order valence-corrected chi connectivity index (χ3v) is 5.23. The molecule has 152 valence electrons. The molecule has 3 amide bonds. The van der Waals surface area contributed by atoms with Crippen molar-refractivity contribution in [3.05, 3.63) is 65.2 Å². The van der Waals surface area contributed by atoms with Gasteiger partial charge in [0.15, 0.2) is 0 Å². The first-order valence-electron chi connectivity index (χ1n) is 9.20. The van der Waals surface area contributed by atoms with Gasteiger partial charge in [-0.2, -0.15) is 0 Å². The number of hydrogen-bond donors (Lipinski definition) is 1. The Labute approximate surface area is 175 Å². The lowest BCUT2D eigenvalue weighted by Gasteiger charge is -2.37. The summed E-state index contributed by atoms with van der Waals surface area (Å²) in [4.78, 5) is 41.0. The number of amides is 3. The molecule has 2 aliphatic rings. The molecule has 0 saturated carbocycles. The van der Waals surface area contributed by atoms with Crippen LogP contribution in [0.1, 0.15) is 32.3 Å². The molecule has 1 saturated heterocycles. The molecule has 2 aromatic carbocycles. The van der Waals surface area contributed by atoms with E-state index < -0.39 is 11.8 Å². The van der Waals surface area contributed by atoms with E-state index in [-0.39, 0.29) is 30.9 Å². The van der Waals surface area contributed by atoms with Gasteiger partial charge < -0.3 is 15.0 Å². The highest BCUT2D eigenvalue weighted by Crippen LogP contribution is 2.31. The Kier molecular flexibility index (Phi) is 6.20. The van der Waals surface area contributed by atoms with Crippen LogP contribution in [-0.4, -0.2) is 60.8 Å². The van der Waals surface area contributed by atoms with Crippen LogP contribution in [0.4, 0.5) is 0 Å². The summed E-state index contributed by atoms with van der Waals surface area (Å²) in [6.45, 7) is 1.45. The number of nitrogens with one attached hydrogen (secondary N) is 1. The Bertz CT molecular complexity index is 914. The molecule has 1 atom stereocenters. The first-order chi connectivity index (χ1) is 13.6. The minimum Gasteiger partial charge on any atom is -0.496 e. The van der Waals surface area contributed by atoms with Crippen molar-refractivity contribution in [2.45, 2.75) is 6.04 Å². The van der Waals surface area contributed by atoms with Gasteiger partial charge in [0.25, 0.3) is 11.8 Å². The van der Waals surface area contributed by atoms with Crippen LogP contribution in [-0.2, 0) is 4.79 Å². The molecule has 1 unspecified atom stereocenters. The van der Waals surface area contributed by atoms with Crippen molar-refractivity contribution in [1.82, 2.24) is 15.1 Å². The van der Waals surface area contributed by atoms with E-state index in [1.54, 1.807) is 36.3 Å². The van der Waals surface area contributed by atoms with Crippen molar-refractivity contribution in [2.75, 3.05) is 33.3 Å². The summed E-state index contributed by atoms with van der Waals surface area (Å²) in [7, 11) is 1.60. The topological polar surface area (TPSA) is 79.0 Å². The quantitative estimate of drug-likeness (QED) is 0.771. The normalized spacial score (nSPS) is 18.3. The van der Waals surface area contributed by atoms with Gasteiger partial charge in [0, 0.05) is 25.2 Å². The maximum absolute atomic E-state index is 13.1. The fourth-order valence-corrected chi connectivity index (χ4v) is 3.83. The van der Waals surface area contributed by atoms with Gasteiger partial charge in [-0.1, -0.05) is 30.3 Å². The Morgan fingerprint density at radius 1 is 1.07 bits per heavy atom. The number of fused-ring (bicyclic) bond motifs is 1. The predicted octanol–water partition coefficient (Wildman–Crippen LogP) is 1.89. The second-order valence-electron chi connectivity index (χ2n) is 6.79. The Balaban J connectivity index is 0.00000240. The summed E-state index contributed by atoms with van der Waals surface area (Å²) in [6, 6.07) is 14.0. The molecule has 4 rings (SSSR count). The highest BCUT2D eigenvalue weighted by atomic mass is 35.5. The Hall–Kier alpha value is -2.90. The number of nitrogens with zero attached hydrogens (tertiary/aromatic N) is 2. The van der Waals surface area contributed by atoms with Gasteiger partial charge >= 0.3 is 0 Å². The fourth-order valence-electron chi connectivity index (χ4n) is 3.83. The molecule has 1 N–H and O–H groups in total. The maximum atomic E-state index is 13.1. The number of carbonyl (C=O) groups is 3. The van der Waals surface area contributed by atoms with Crippen LogP contribution in [0.2, 0.25) is 0 Å². The Morgan fingerprint density at radius 2 is 1.69 bits per heavy atom. The standard InChI is InChI=1S/C21H21N3O4.ClH/c1-28-18-9-5-4-8-16(18)17-12-22-10-11-23(17)19(25)13-24-20(26)14-6-2-3-7-15(14)21(24)27;/h2-9,17,22H,10-13H2,1H3;1H. The lowest BCUT2D eigenvalue weighted by Crippen LogP contribution is -2.52. The second kappa shape index (κ2) is 8.63. The number of para-hydroxylation sites is 1. The largest absolute Gasteiger partial charge is 0.496 e. The maximum Gasteiger partial charge on any atom is 0.262 e. The van der Waals surface area contributed by atoms with E-state index in [1.165, 1.54) is 0 Å². The molecule has 0 aliphatic carbocycles. The van der Waals surface area contributed by atoms with Gasteiger partial charge in [0.2, 0.25) is 5.91 Å². The van der Waals surface area contributed by atoms with Crippen LogP contribution in [0.25, 0.3) is 0 Å². The number of piperazine rings is 1. The molecule has 0 bridgehead atoms. The van der Waals surface area contributed by atoms with Crippen molar-refractivity contribution in [1.29, 1.82) is 0 Å². The summed E-state index contributed by atoms with van der Waals surface area (Å²) in [5.41, 5.74) is 1.59. The van der Waals surface area contributed by atoms with Crippen molar-refractivity contribution in [3.63, 3.8) is 0 Å². The smallest absolute Gasteiger partial charge is 0.262 e. The molecule has 2 aromatic rings. The molecule has 2 heterocycles.